The minimum Gasteiger partial charge on any atom is -0.495 e. The van der Waals surface area contributed by atoms with E-state index in [1.807, 2.05) is 4.98 Å². The van der Waals surface area contributed by atoms with Gasteiger partial charge in [-0.05, 0) is 12.1 Å². The van der Waals surface area contributed by atoms with E-state index in [0.29, 0.717) is 0 Å². The topological polar surface area (TPSA) is 107 Å². The molecule has 0 saturated carbocycles. The van der Waals surface area contributed by atoms with E-state index in [-0.39, 0.29) is 11.4 Å². The molecule has 0 aliphatic carbocycles. The molecule has 0 unspecified atom stereocenters. The molecule has 1 aromatic heterocycles. The Labute approximate surface area is 73.6 Å². The molecule has 0 spiro atoms. The summed E-state index contributed by atoms with van der Waals surface area (Å²) in [6.07, 6.45) is 0. The van der Waals surface area contributed by atoms with E-state index in [0.717, 1.165) is 12.1 Å². The smallest absolute Gasteiger partial charge is 0.269 e. The van der Waals surface area contributed by atoms with Crippen molar-refractivity contribution >= 4 is 10.1 Å². The van der Waals surface area contributed by atoms with Crippen LogP contribution < -0.4 is 5.56 Å². The number of hydrogen-bond donors (Lipinski definition) is 3. The highest BCUT2D eigenvalue weighted by Gasteiger charge is 2.09. The molecule has 1 aromatic rings. The molecule has 0 bridgehead atoms. The number of hydrogen-bond acceptors (Lipinski definition) is 4. The summed E-state index contributed by atoms with van der Waals surface area (Å²) in [5.41, 5.74) is -0.863. The van der Waals surface area contributed by atoms with Crippen LogP contribution in [0.5, 0.6) is 5.88 Å². The Morgan fingerprint density at radius 1 is 1.38 bits per heavy atom. The van der Waals surface area contributed by atoms with Gasteiger partial charge in [0.1, 0.15) is 5.75 Å². The van der Waals surface area contributed by atoms with Crippen LogP contribution in [0.4, 0.5) is 0 Å². The minimum absolute atomic E-state index is 0.125. The summed E-state index contributed by atoms with van der Waals surface area (Å²) in [6, 6.07) is 2.25. The Morgan fingerprint density at radius 2 is 2.00 bits per heavy atom. The zero-order valence-electron chi connectivity index (χ0n) is 6.39. The molecule has 72 valence electrons. The van der Waals surface area contributed by atoms with Gasteiger partial charge in [-0.3, -0.25) is 14.3 Å². The van der Waals surface area contributed by atoms with Gasteiger partial charge >= 0.3 is 0 Å². The molecule has 0 radical (unpaired) electrons. The van der Waals surface area contributed by atoms with E-state index in [4.69, 9.17) is 9.66 Å². The third-order valence-electron chi connectivity index (χ3n) is 1.31. The zero-order chi connectivity index (χ0) is 10.1. The first-order valence-electron chi connectivity index (χ1n) is 3.25. The van der Waals surface area contributed by atoms with Gasteiger partial charge in [-0.2, -0.15) is 8.42 Å². The van der Waals surface area contributed by atoms with E-state index in [1.165, 1.54) is 0 Å². The Bertz CT molecular complexity index is 460. The van der Waals surface area contributed by atoms with Gasteiger partial charge in [-0.15, -0.1) is 0 Å². The summed E-state index contributed by atoms with van der Waals surface area (Å²) in [5.74, 6) is -1.12. The Hall–Kier alpha value is -1.34. The summed E-state index contributed by atoms with van der Waals surface area (Å²) >= 11 is 0. The van der Waals surface area contributed by atoms with Crippen LogP contribution >= 0.6 is 0 Å². The van der Waals surface area contributed by atoms with Gasteiger partial charge in [0.05, 0.1) is 0 Å². The van der Waals surface area contributed by atoms with Crippen LogP contribution in [0.15, 0.2) is 16.9 Å². The van der Waals surface area contributed by atoms with Crippen molar-refractivity contribution in [2.45, 2.75) is 5.75 Å². The number of aromatic hydroxyl groups is 1. The molecular formula is C6H7NO5S. The van der Waals surface area contributed by atoms with Crippen molar-refractivity contribution in [2.24, 2.45) is 0 Å². The largest absolute Gasteiger partial charge is 0.495 e. The van der Waals surface area contributed by atoms with Gasteiger partial charge < -0.3 is 5.11 Å². The molecule has 13 heavy (non-hydrogen) atoms. The fourth-order valence-corrected chi connectivity index (χ4v) is 1.42. The first-order chi connectivity index (χ1) is 5.88. The van der Waals surface area contributed by atoms with Gasteiger partial charge in [0.25, 0.3) is 15.7 Å². The van der Waals surface area contributed by atoms with Crippen molar-refractivity contribution < 1.29 is 18.1 Å². The highest BCUT2D eigenvalue weighted by Crippen LogP contribution is 2.03. The Balaban J connectivity index is 3.12. The van der Waals surface area contributed by atoms with Gasteiger partial charge in [0, 0.05) is 5.56 Å². The summed E-state index contributed by atoms with van der Waals surface area (Å²) in [6.45, 7) is 0. The summed E-state index contributed by atoms with van der Waals surface area (Å²) in [4.78, 5) is 12.9. The lowest BCUT2D eigenvalue weighted by atomic mass is 10.3. The van der Waals surface area contributed by atoms with Crippen LogP contribution in [0.1, 0.15) is 5.56 Å². The molecule has 0 fully saturated rings. The number of H-pyrrole nitrogens is 1. The fraction of sp³-hybridized carbons (Fsp3) is 0.167. The molecule has 7 heteroatoms. The first-order valence-corrected chi connectivity index (χ1v) is 4.86. The lowest BCUT2D eigenvalue weighted by Gasteiger charge is -1.97. The van der Waals surface area contributed by atoms with E-state index < -0.39 is 21.4 Å². The molecule has 0 amide bonds. The van der Waals surface area contributed by atoms with E-state index >= 15 is 0 Å². The maximum Gasteiger partial charge on any atom is 0.269 e. The van der Waals surface area contributed by atoms with E-state index in [9.17, 15) is 13.2 Å². The molecule has 0 aliphatic heterocycles. The molecule has 0 saturated heterocycles. The maximum atomic E-state index is 10.9. The standard InChI is InChI=1S/C6H7NO5S/c8-5-2-1-4(6(9)7-5)3-13(10,11)12/h1-2H,3H2,(H2,7,8,9)(H,10,11,12). The molecule has 1 heterocycles. The second-order valence-electron chi connectivity index (χ2n) is 2.42. The van der Waals surface area contributed by atoms with Crippen molar-refractivity contribution in [1.82, 2.24) is 4.98 Å². The van der Waals surface area contributed by atoms with E-state index in [1.54, 1.807) is 0 Å². The molecular weight excluding hydrogens is 198 g/mol. The second-order valence-corrected chi connectivity index (χ2v) is 3.88. The van der Waals surface area contributed by atoms with Crippen molar-refractivity contribution in [3.05, 3.63) is 28.0 Å². The predicted molar refractivity (Wildman–Crippen MR) is 44.0 cm³/mol. The van der Waals surface area contributed by atoms with Crippen LogP contribution in [-0.2, 0) is 15.9 Å². The first kappa shape index (κ1) is 9.75. The third-order valence-corrected chi connectivity index (χ3v) is 1.99. The minimum atomic E-state index is -4.21. The lowest BCUT2D eigenvalue weighted by molar-refractivity contribution is 0.450. The number of pyridine rings is 1. The second kappa shape index (κ2) is 3.19. The van der Waals surface area contributed by atoms with Gasteiger partial charge in [0.2, 0.25) is 0 Å². The number of aromatic nitrogens is 1. The summed E-state index contributed by atoms with van der Waals surface area (Å²) in [5, 5.41) is 8.77. The van der Waals surface area contributed by atoms with Crippen LogP contribution in [0.3, 0.4) is 0 Å². The van der Waals surface area contributed by atoms with Crippen molar-refractivity contribution in [1.29, 1.82) is 0 Å². The molecule has 0 aliphatic rings. The summed E-state index contributed by atoms with van der Waals surface area (Å²) < 4.78 is 29.2. The van der Waals surface area contributed by atoms with Crippen molar-refractivity contribution in [3.63, 3.8) is 0 Å². The molecule has 1 rings (SSSR count). The maximum absolute atomic E-state index is 10.9. The number of rotatable bonds is 2. The van der Waals surface area contributed by atoms with Crippen LogP contribution in [0, 0.1) is 0 Å². The van der Waals surface area contributed by atoms with Gasteiger partial charge in [-0.25, -0.2) is 0 Å². The van der Waals surface area contributed by atoms with Crippen LogP contribution in [-0.4, -0.2) is 23.1 Å². The number of aromatic amines is 1. The monoisotopic (exact) mass is 205 g/mol. The number of nitrogens with one attached hydrogen (secondary N) is 1. The Morgan fingerprint density at radius 3 is 2.46 bits per heavy atom. The molecule has 0 atom stereocenters. The fourth-order valence-electron chi connectivity index (χ4n) is 0.804. The normalized spacial score (nSPS) is 11.5. The molecule has 6 nitrogen and oxygen atoms in total. The van der Waals surface area contributed by atoms with Gasteiger partial charge in [0.15, 0.2) is 5.88 Å². The Kier molecular flexibility index (Phi) is 2.39. The average molecular weight is 205 g/mol. The highest BCUT2D eigenvalue weighted by atomic mass is 32.2. The zero-order valence-corrected chi connectivity index (χ0v) is 7.21. The van der Waals surface area contributed by atoms with Crippen LogP contribution in [0.25, 0.3) is 0 Å². The quantitative estimate of drug-likeness (QED) is 0.562. The predicted octanol–water partition coefficient (Wildman–Crippen LogP) is -0.532. The van der Waals surface area contributed by atoms with Gasteiger partial charge in [-0.1, -0.05) is 0 Å². The highest BCUT2D eigenvalue weighted by molar-refractivity contribution is 7.85. The average Bonchev–Trinajstić information content (AvgIpc) is 1.93. The van der Waals surface area contributed by atoms with Crippen LogP contribution in [0.2, 0.25) is 0 Å². The SMILES string of the molecule is O=c1[nH]c(O)ccc1CS(=O)(=O)O. The summed E-state index contributed by atoms with van der Waals surface area (Å²) in [7, 11) is -4.21. The lowest BCUT2D eigenvalue weighted by Crippen LogP contribution is -2.15. The van der Waals surface area contributed by atoms with Crippen molar-refractivity contribution in [2.75, 3.05) is 0 Å². The molecule has 0 aromatic carbocycles. The third kappa shape index (κ3) is 2.88. The van der Waals surface area contributed by atoms with E-state index in [2.05, 4.69) is 0 Å². The molecule has 3 N–H and O–H groups in total. The van der Waals surface area contributed by atoms with Crippen molar-refractivity contribution in [3.8, 4) is 5.88 Å².